The van der Waals surface area contributed by atoms with Crippen molar-refractivity contribution in [3.8, 4) is 22.1 Å². The highest BCUT2D eigenvalue weighted by Crippen LogP contribution is 2.27. The number of thiophene rings is 1. The van der Waals surface area contributed by atoms with Crippen molar-refractivity contribution in [1.29, 1.82) is 0 Å². The smallest absolute Gasteiger partial charge is 0.187 e. The Balaban J connectivity index is 2.09. The van der Waals surface area contributed by atoms with Crippen LogP contribution in [-0.4, -0.2) is 15.2 Å². The molecule has 0 fully saturated rings. The van der Waals surface area contributed by atoms with Gasteiger partial charge in [0.25, 0.3) is 0 Å². The third-order valence-corrected chi connectivity index (χ3v) is 3.35. The summed E-state index contributed by atoms with van der Waals surface area (Å²) in [5, 5.41) is 8.20. The first-order valence-electron chi connectivity index (χ1n) is 5.26. The van der Waals surface area contributed by atoms with Gasteiger partial charge in [0.15, 0.2) is 11.6 Å². The lowest BCUT2D eigenvalue weighted by Gasteiger charge is -2.00. The topological polar surface area (TPSA) is 41.6 Å². The molecule has 0 aliphatic heterocycles. The zero-order valence-electron chi connectivity index (χ0n) is 9.32. The highest BCUT2D eigenvalue weighted by molar-refractivity contribution is 7.13. The molecule has 0 spiro atoms. The van der Waals surface area contributed by atoms with Crippen LogP contribution in [0.4, 0.5) is 13.2 Å². The first-order valence-corrected chi connectivity index (χ1v) is 6.14. The molecule has 0 aliphatic carbocycles. The van der Waals surface area contributed by atoms with Crippen molar-refractivity contribution >= 4 is 11.3 Å². The van der Waals surface area contributed by atoms with Gasteiger partial charge in [0.1, 0.15) is 17.5 Å². The first kappa shape index (κ1) is 11.9. The molecule has 96 valence electrons. The lowest BCUT2D eigenvalue weighted by atomic mass is 10.2. The minimum absolute atomic E-state index is 0.140. The molecular weight excluding hydrogens is 275 g/mol. The molecule has 0 saturated carbocycles. The average Bonchev–Trinajstić information content (AvgIpc) is 2.97. The molecular formula is C12H6F3N3S. The summed E-state index contributed by atoms with van der Waals surface area (Å²) in [6.07, 6.45) is 0. The minimum atomic E-state index is -1.03. The van der Waals surface area contributed by atoms with E-state index in [9.17, 15) is 13.2 Å². The van der Waals surface area contributed by atoms with E-state index in [1.165, 1.54) is 11.3 Å². The van der Waals surface area contributed by atoms with Gasteiger partial charge in [-0.25, -0.2) is 18.2 Å². The van der Waals surface area contributed by atoms with Crippen molar-refractivity contribution in [3.05, 3.63) is 47.1 Å². The van der Waals surface area contributed by atoms with E-state index in [0.717, 1.165) is 4.88 Å². The Kier molecular flexibility index (Phi) is 2.83. The van der Waals surface area contributed by atoms with E-state index < -0.39 is 23.0 Å². The Hall–Kier alpha value is -2.15. The van der Waals surface area contributed by atoms with Gasteiger partial charge >= 0.3 is 0 Å². The molecule has 1 aromatic carbocycles. The van der Waals surface area contributed by atoms with Crippen molar-refractivity contribution in [2.24, 2.45) is 0 Å². The number of hydrogen-bond acceptors (Lipinski definition) is 3. The Morgan fingerprint density at radius 1 is 1.11 bits per heavy atom. The second-order valence-electron chi connectivity index (χ2n) is 3.73. The molecule has 3 rings (SSSR count). The lowest BCUT2D eigenvalue weighted by Crippen LogP contribution is -1.94. The van der Waals surface area contributed by atoms with Crippen LogP contribution in [0.5, 0.6) is 0 Å². The summed E-state index contributed by atoms with van der Waals surface area (Å²) in [5.74, 6) is -2.78. The van der Waals surface area contributed by atoms with Crippen LogP contribution in [0.15, 0.2) is 29.6 Å². The Bertz CT molecular complexity index is 699. The van der Waals surface area contributed by atoms with E-state index in [2.05, 4.69) is 15.2 Å². The highest BCUT2D eigenvalue weighted by atomic mass is 32.1. The minimum Gasteiger partial charge on any atom is -0.258 e. The number of hydrogen-bond donors (Lipinski definition) is 1. The van der Waals surface area contributed by atoms with Crippen molar-refractivity contribution in [3.63, 3.8) is 0 Å². The number of benzene rings is 1. The molecule has 0 bridgehead atoms. The molecule has 0 radical (unpaired) electrons. The molecule has 19 heavy (non-hydrogen) atoms. The molecule has 0 unspecified atom stereocenters. The summed E-state index contributed by atoms with van der Waals surface area (Å²) >= 11 is 1.41. The maximum atomic E-state index is 13.6. The van der Waals surface area contributed by atoms with E-state index in [4.69, 9.17) is 0 Å². The van der Waals surface area contributed by atoms with E-state index in [0.29, 0.717) is 18.0 Å². The standard InChI is InChI=1S/C12H6F3N3S/c13-6-4-7(14)10(8(15)5-6)12-16-11(17-18-12)9-2-1-3-19-9/h1-5H,(H,16,17,18). The van der Waals surface area contributed by atoms with Crippen molar-refractivity contribution in [2.45, 2.75) is 0 Å². The molecule has 3 nitrogen and oxygen atoms in total. The predicted octanol–water partition coefficient (Wildman–Crippen LogP) is 3.62. The summed E-state index contributed by atoms with van der Waals surface area (Å²) < 4.78 is 40.0. The SMILES string of the molecule is Fc1cc(F)c(-c2n[nH]c(-c3cccs3)n2)c(F)c1. The van der Waals surface area contributed by atoms with Gasteiger partial charge < -0.3 is 0 Å². The van der Waals surface area contributed by atoms with Gasteiger partial charge in [-0.15, -0.1) is 11.3 Å². The Morgan fingerprint density at radius 2 is 1.84 bits per heavy atom. The van der Waals surface area contributed by atoms with Crippen LogP contribution in [0.3, 0.4) is 0 Å². The van der Waals surface area contributed by atoms with E-state index >= 15 is 0 Å². The third-order valence-electron chi connectivity index (χ3n) is 2.47. The number of nitrogens with zero attached hydrogens (tertiary/aromatic N) is 2. The molecule has 2 aromatic heterocycles. The van der Waals surface area contributed by atoms with Crippen molar-refractivity contribution < 1.29 is 13.2 Å². The molecule has 0 aliphatic rings. The fraction of sp³-hybridized carbons (Fsp3) is 0. The number of aromatic nitrogens is 3. The molecule has 0 atom stereocenters. The maximum absolute atomic E-state index is 13.6. The van der Waals surface area contributed by atoms with Crippen LogP contribution in [-0.2, 0) is 0 Å². The zero-order chi connectivity index (χ0) is 13.4. The zero-order valence-corrected chi connectivity index (χ0v) is 10.1. The van der Waals surface area contributed by atoms with Crippen molar-refractivity contribution in [2.75, 3.05) is 0 Å². The van der Waals surface area contributed by atoms with Crippen molar-refractivity contribution in [1.82, 2.24) is 15.2 Å². The summed E-state index contributed by atoms with van der Waals surface area (Å²) in [6.45, 7) is 0. The molecule has 0 amide bonds. The number of nitrogens with one attached hydrogen (secondary N) is 1. The third kappa shape index (κ3) is 2.12. The summed E-state index contributed by atoms with van der Waals surface area (Å²) in [6, 6.07) is 4.81. The number of aromatic amines is 1. The number of halogens is 3. The molecule has 7 heteroatoms. The van der Waals surface area contributed by atoms with E-state index in [-0.39, 0.29) is 5.82 Å². The Morgan fingerprint density at radius 3 is 2.47 bits per heavy atom. The molecule has 0 saturated heterocycles. The van der Waals surface area contributed by atoms with Crippen LogP contribution in [0.25, 0.3) is 22.1 Å². The van der Waals surface area contributed by atoms with Gasteiger partial charge in [0, 0.05) is 12.1 Å². The predicted molar refractivity (Wildman–Crippen MR) is 65.0 cm³/mol. The van der Waals surface area contributed by atoms with Gasteiger partial charge in [-0.3, -0.25) is 5.10 Å². The van der Waals surface area contributed by atoms with Crippen LogP contribution < -0.4 is 0 Å². The van der Waals surface area contributed by atoms with Crippen LogP contribution in [0, 0.1) is 17.5 Å². The summed E-state index contributed by atoms with van der Waals surface area (Å²) in [5.41, 5.74) is -0.444. The first-order chi connectivity index (χ1) is 9.15. The normalized spacial score (nSPS) is 10.9. The largest absolute Gasteiger partial charge is 0.258 e. The van der Waals surface area contributed by atoms with Gasteiger partial charge in [0.2, 0.25) is 0 Å². The van der Waals surface area contributed by atoms with Gasteiger partial charge in [-0.1, -0.05) is 6.07 Å². The summed E-state index contributed by atoms with van der Waals surface area (Å²) in [7, 11) is 0. The van der Waals surface area contributed by atoms with Crippen LogP contribution in [0.2, 0.25) is 0 Å². The summed E-state index contributed by atoms with van der Waals surface area (Å²) in [4.78, 5) is 4.81. The molecule has 3 aromatic rings. The van der Waals surface area contributed by atoms with Gasteiger partial charge in [0.05, 0.1) is 10.4 Å². The number of rotatable bonds is 2. The average molecular weight is 281 g/mol. The maximum Gasteiger partial charge on any atom is 0.187 e. The molecule has 2 heterocycles. The lowest BCUT2D eigenvalue weighted by molar-refractivity contribution is 0.547. The fourth-order valence-corrected chi connectivity index (χ4v) is 2.32. The highest BCUT2D eigenvalue weighted by Gasteiger charge is 2.18. The van der Waals surface area contributed by atoms with Crippen LogP contribution in [0.1, 0.15) is 0 Å². The fourth-order valence-electron chi connectivity index (χ4n) is 1.65. The van der Waals surface area contributed by atoms with E-state index in [1.54, 1.807) is 6.07 Å². The second kappa shape index (κ2) is 4.51. The molecule has 1 N–H and O–H groups in total. The second-order valence-corrected chi connectivity index (χ2v) is 4.68. The van der Waals surface area contributed by atoms with Gasteiger partial charge in [-0.05, 0) is 11.4 Å². The van der Waals surface area contributed by atoms with Gasteiger partial charge in [-0.2, -0.15) is 5.10 Å². The van der Waals surface area contributed by atoms with Crippen LogP contribution >= 0.6 is 11.3 Å². The van der Waals surface area contributed by atoms with E-state index in [1.807, 2.05) is 11.4 Å². The Labute approximate surface area is 109 Å². The quantitative estimate of drug-likeness (QED) is 0.779. The number of H-pyrrole nitrogens is 1. The monoisotopic (exact) mass is 281 g/mol.